The highest BCUT2D eigenvalue weighted by molar-refractivity contribution is 7.20. The van der Waals surface area contributed by atoms with Gasteiger partial charge in [0.05, 0.1) is 12.4 Å². The summed E-state index contributed by atoms with van der Waals surface area (Å²) >= 11 is 0. The van der Waals surface area contributed by atoms with E-state index >= 15 is 35.1 Å². The van der Waals surface area contributed by atoms with Gasteiger partial charge in [-0.25, -0.2) is 87.8 Å². The van der Waals surface area contributed by atoms with Crippen LogP contribution in [0.15, 0.2) is 48.9 Å². The molecule has 1 aromatic heterocycles. The molecule has 0 aliphatic heterocycles. The molecule has 0 saturated heterocycles. The molecule has 0 N–H and O–H groups in total. The largest absolute Gasteiger partial charge is 0.252 e. The van der Waals surface area contributed by atoms with E-state index in [1.54, 1.807) is 0 Å². The molecule has 2 nitrogen and oxygen atoms in total. The molecule has 1 heterocycles. The number of halogens is 20. The van der Waals surface area contributed by atoms with E-state index < -0.39 is 144 Å². The molecule has 1 aliphatic carbocycles. The van der Waals surface area contributed by atoms with E-state index in [0.717, 1.165) is 12.5 Å². The fourth-order valence-corrected chi connectivity index (χ4v) is 9.85. The lowest BCUT2D eigenvalue weighted by molar-refractivity contribution is -0.697. The third-order valence-electron chi connectivity index (χ3n) is 13.5. The highest BCUT2D eigenvalue weighted by atomic mass is 19.2. The van der Waals surface area contributed by atoms with Gasteiger partial charge in [-0.2, -0.15) is 4.57 Å². The normalized spacial score (nSPS) is 14.9. The third kappa shape index (κ3) is 10.7. The van der Waals surface area contributed by atoms with Crippen LogP contribution in [0, 0.1) is 122 Å². The Morgan fingerprint density at radius 2 is 0.743 bits per heavy atom. The van der Waals surface area contributed by atoms with Gasteiger partial charge in [0.15, 0.2) is 82.5 Å². The van der Waals surface area contributed by atoms with Gasteiger partial charge in [-0.3, -0.25) is 4.98 Å². The van der Waals surface area contributed by atoms with E-state index in [0.29, 0.717) is 5.92 Å². The zero-order valence-electron chi connectivity index (χ0n) is 38.7. The number of benzene rings is 5. The van der Waals surface area contributed by atoms with Gasteiger partial charge in [0, 0.05) is 11.5 Å². The average molecular weight is 1070 g/mol. The fraction of sp³-hybridized carbons (Fsp3) is 0.333. The number of nitrogens with zero attached hydrogens (tertiary/aromatic N) is 2. The number of hydrogen-bond acceptors (Lipinski definition) is 1. The standard InChI is InChI=1S/C27H41N2.C24BF20/c1-2-3-4-5-6-7-8-10-13-24-16-18-26(19-17-24)27-22-28-20-21-29(27)23-25-14-11-9-12-15-25;26-5-1(6(27)14(35)21(42)13(5)34)25(2-7(28)15(36)22(43)16(37)8(2)29,3-9(30)17(38)23(44)18(39)10(3)31)4-11(32)19(40)24(45)20(41)12(4)33/h9,11-12,14-15,20-22,24,26H,2-8,10,13,16-19,23H2,1H3;/q+1;-1. The van der Waals surface area contributed by atoms with E-state index in [-0.39, 0.29) is 0 Å². The van der Waals surface area contributed by atoms with Crippen molar-refractivity contribution >= 4 is 28.0 Å². The minimum atomic E-state index is -7.22. The predicted octanol–water partition coefficient (Wildman–Crippen LogP) is 13.1. The summed E-state index contributed by atoms with van der Waals surface area (Å²) in [7, 11) is 0. The molecule has 0 unspecified atom stereocenters. The van der Waals surface area contributed by atoms with Crippen molar-refractivity contribution in [2.24, 2.45) is 5.92 Å². The average Bonchev–Trinajstić information content (AvgIpc) is 3.40. The maximum Gasteiger partial charge on any atom is 0.203 e. The highest BCUT2D eigenvalue weighted by Crippen LogP contribution is 2.37. The first-order chi connectivity index (χ1) is 35.1. The summed E-state index contributed by atoms with van der Waals surface area (Å²) in [5, 5.41) is 0. The molecule has 0 atom stereocenters. The van der Waals surface area contributed by atoms with Gasteiger partial charge in [-0.15, -0.1) is 21.9 Å². The van der Waals surface area contributed by atoms with Gasteiger partial charge < -0.3 is 0 Å². The Morgan fingerprint density at radius 1 is 0.419 bits per heavy atom. The van der Waals surface area contributed by atoms with Crippen molar-refractivity contribution in [1.82, 2.24) is 4.98 Å². The molecule has 1 aliphatic rings. The summed E-state index contributed by atoms with van der Waals surface area (Å²) in [6.07, 6.45) is 17.4. The topological polar surface area (TPSA) is 16.8 Å². The molecule has 1 fully saturated rings. The summed E-state index contributed by atoms with van der Waals surface area (Å²) < 4.78 is 296. The molecule has 23 heteroatoms. The number of unbranched alkanes of at least 4 members (excludes halogenated alkanes) is 7. The first-order valence-electron chi connectivity index (χ1n) is 23.2. The Balaban J connectivity index is 0.000000265. The first kappa shape index (κ1) is 57.1. The van der Waals surface area contributed by atoms with E-state index in [1.165, 1.54) is 94.7 Å². The molecule has 0 amide bonds. The van der Waals surface area contributed by atoms with E-state index in [9.17, 15) is 52.7 Å². The van der Waals surface area contributed by atoms with Crippen LogP contribution in [0.4, 0.5) is 87.8 Å². The van der Waals surface area contributed by atoms with Crippen LogP contribution in [0.3, 0.4) is 0 Å². The molecule has 74 heavy (non-hydrogen) atoms. The van der Waals surface area contributed by atoms with E-state index in [2.05, 4.69) is 59.2 Å². The summed E-state index contributed by atoms with van der Waals surface area (Å²) in [5.41, 5.74) is -11.5. The maximum atomic E-state index is 15.4. The van der Waals surface area contributed by atoms with Crippen molar-refractivity contribution in [2.75, 3.05) is 0 Å². The van der Waals surface area contributed by atoms with Crippen LogP contribution in [-0.2, 0) is 6.54 Å². The number of rotatable bonds is 16. The molecule has 5 aromatic carbocycles. The Hall–Kier alpha value is -6.16. The molecular formula is C51H41BF20N2. The molecule has 398 valence electrons. The number of hydrogen-bond donors (Lipinski definition) is 0. The van der Waals surface area contributed by atoms with Crippen LogP contribution in [0.1, 0.15) is 108 Å². The minimum Gasteiger partial charge on any atom is -0.252 e. The molecular weight excluding hydrogens is 1030 g/mol. The zero-order valence-corrected chi connectivity index (χ0v) is 38.7. The molecule has 0 spiro atoms. The lowest BCUT2D eigenvalue weighted by Crippen LogP contribution is -2.81. The number of aromatic nitrogens is 2. The van der Waals surface area contributed by atoms with Crippen molar-refractivity contribution in [1.29, 1.82) is 0 Å². The van der Waals surface area contributed by atoms with Crippen LogP contribution >= 0.6 is 0 Å². The van der Waals surface area contributed by atoms with Crippen LogP contribution in [-0.4, -0.2) is 11.1 Å². The van der Waals surface area contributed by atoms with Crippen LogP contribution in [0.5, 0.6) is 0 Å². The van der Waals surface area contributed by atoms with Crippen LogP contribution in [0.25, 0.3) is 0 Å². The molecule has 6 aromatic rings. The van der Waals surface area contributed by atoms with Gasteiger partial charge in [0.25, 0.3) is 0 Å². The second-order valence-corrected chi connectivity index (χ2v) is 17.9. The van der Waals surface area contributed by atoms with Gasteiger partial charge in [-0.05, 0) is 31.6 Å². The summed E-state index contributed by atoms with van der Waals surface area (Å²) in [4.78, 5) is 4.46. The molecule has 7 rings (SSSR count). The second-order valence-electron chi connectivity index (χ2n) is 17.9. The monoisotopic (exact) mass is 1070 g/mol. The second kappa shape index (κ2) is 24.0. The highest BCUT2D eigenvalue weighted by Gasteiger charge is 2.52. The molecule has 1 saturated carbocycles. The third-order valence-corrected chi connectivity index (χ3v) is 13.5. The smallest absolute Gasteiger partial charge is 0.203 e. The van der Waals surface area contributed by atoms with Gasteiger partial charge in [0.1, 0.15) is 52.7 Å². The minimum absolute atomic E-state index is 0.683. The van der Waals surface area contributed by atoms with Crippen molar-refractivity contribution < 1.29 is 92.4 Å². The van der Waals surface area contributed by atoms with Crippen molar-refractivity contribution in [3.05, 3.63) is 177 Å². The molecule has 0 radical (unpaired) electrons. The Bertz CT molecular complexity index is 2620. The van der Waals surface area contributed by atoms with E-state index in [4.69, 9.17) is 0 Å². The van der Waals surface area contributed by atoms with E-state index in [1.807, 2.05) is 6.20 Å². The Labute approximate surface area is 410 Å². The van der Waals surface area contributed by atoms with Crippen molar-refractivity contribution in [2.45, 2.75) is 103 Å². The van der Waals surface area contributed by atoms with Crippen molar-refractivity contribution in [3.63, 3.8) is 0 Å². The van der Waals surface area contributed by atoms with Gasteiger partial charge in [-0.1, -0.05) is 95.0 Å². The summed E-state index contributed by atoms with van der Waals surface area (Å²) in [6.45, 7) is 3.25. The zero-order chi connectivity index (χ0) is 54.5. The van der Waals surface area contributed by atoms with Crippen LogP contribution in [0.2, 0.25) is 0 Å². The maximum absolute atomic E-state index is 15.4. The van der Waals surface area contributed by atoms with Crippen molar-refractivity contribution in [3.8, 4) is 0 Å². The van der Waals surface area contributed by atoms with Crippen LogP contribution < -0.4 is 26.4 Å². The quantitative estimate of drug-likeness (QED) is 0.0236. The predicted molar refractivity (Wildman–Crippen MR) is 231 cm³/mol. The SMILES string of the molecule is CCCCCCCCCCC1CCC(c2cncc[n+]2Cc2ccccc2)CC1.Fc1c(F)c(F)c([B-](c2c(F)c(F)c(F)c(F)c2F)(c2c(F)c(F)c(F)c(F)c2F)c2c(F)c(F)c(F)c(F)c2F)c(F)c1F. The Morgan fingerprint density at radius 3 is 1.09 bits per heavy atom. The van der Waals surface area contributed by atoms with Gasteiger partial charge >= 0.3 is 0 Å². The van der Waals surface area contributed by atoms with Gasteiger partial charge in [0.2, 0.25) is 5.69 Å². The Kier molecular flexibility index (Phi) is 18.5. The molecule has 0 bridgehead atoms. The first-order valence-corrected chi connectivity index (χ1v) is 23.2. The lowest BCUT2D eigenvalue weighted by atomic mass is 9.12. The summed E-state index contributed by atoms with van der Waals surface area (Å²) in [6, 6.07) is 10.8. The lowest BCUT2D eigenvalue weighted by Gasteiger charge is -2.44. The fourth-order valence-electron chi connectivity index (χ4n) is 9.85. The summed E-state index contributed by atoms with van der Waals surface area (Å²) in [5.74, 6) is -69.8.